The molecule has 0 saturated heterocycles. The molecule has 0 bridgehead atoms. The lowest BCUT2D eigenvalue weighted by Crippen LogP contribution is -2.14. The zero-order valence-corrected chi connectivity index (χ0v) is 14.6. The lowest BCUT2D eigenvalue weighted by molar-refractivity contribution is -0.113. The van der Waals surface area contributed by atoms with E-state index in [1.807, 2.05) is 37.3 Å². The number of thioether (sulfide) groups is 1. The molecule has 7 nitrogen and oxygen atoms in total. The van der Waals surface area contributed by atoms with Crippen LogP contribution in [0.1, 0.15) is 5.69 Å². The number of benzene rings is 1. The van der Waals surface area contributed by atoms with Crippen molar-refractivity contribution >= 4 is 34.3 Å². The molecule has 130 valence electrons. The molecule has 0 fully saturated rings. The minimum Gasteiger partial charge on any atom is -0.459 e. The number of carbonyl (C=O) groups excluding carboxylic acids is 1. The molecule has 0 saturated carbocycles. The van der Waals surface area contributed by atoms with Crippen LogP contribution in [-0.4, -0.2) is 26.8 Å². The van der Waals surface area contributed by atoms with Gasteiger partial charge < -0.3 is 14.2 Å². The van der Waals surface area contributed by atoms with E-state index in [-0.39, 0.29) is 17.6 Å². The number of anilines is 1. The second-order valence-electron chi connectivity index (χ2n) is 5.52. The third-order valence-electron chi connectivity index (χ3n) is 3.58. The van der Waals surface area contributed by atoms with Crippen molar-refractivity contribution < 1.29 is 13.6 Å². The van der Waals surface area contributed by atoms with E-state index in [1.54, 1.807) is 12.1 Å². The molecule has 3 aromatic heterocycles. The van der Waals surface area contributed by atoms with Crippen LogP contribution >= 0.6 is 11.8 Å². The number of hydrogen-bond acceptors (Lipinski definition) is 7. The van der Waals surface area contributed by atoms with Gasteiger partial charge >= 0.3 is 0 Å². The summed E-state index contributed by atoms with van der Waals surface area (Å²) >= 11 is 1.17. The maximum atomic E-state index is 12.3. The van der Waals surface area contributed by atoms with Crippen LogP contribution in [0, 0.1) is 6.92 Å². The first-order valence-electron chi connectivity index (χ1n) is 7.85. The number of furan rings is 1. The Balaban J connectivity index is 1.43. The van der Waals surface area contributed by atoms with E-state index < -0.39 is 0 Å². The predicted octanol–water partition coefficient (Wildman–Crippen LogP) is 3.92. The Labute approximate surface area is 152 Å². The van der Waals surface area contributed by atoms with Crippen molar-refractivity contribution in [1.82, 2.24) is 15.2 Å². The Morgan fingerprint density at radius 2 is 2.08 bits per heavy atom. The highest BCUT2D eigenvalue weighted by Gasteiger charge is 2.14. The molecule has 0 aliphatic carbocycles. The third kappa shape index (κ3) is 3.45. The van der Waals surface area contributed by atoms with E-state index in [4.69, 9.17) is 8.83 Å². The number of aromatic nitrogens is 3. The highest BCUT2D eigenvalue weighted by molar-refractivity contribution is 7.99. The molecule has 1 amide bonds. The fourth-order valence-electron chi connectivity index (χ4n) is 2.49. The summed E-state index contributed by atoms with van der Waals surface area (Å²) in [4.78, 5) is 16.8. The van der Waals surface area contributed by atoms with Crippen LogP contribution in [0.3, 0.4) is 0 Å². The number of carbonyl (C=O) groups is 1. The maximum Gasteiger partial charge on any atom is 0.284 e. The Hall–Kier alpha value is -3.13. The van der Waals surface area contributed by atoms with Gasteiger partial charge in [0, 0.05) is 11.1 Å². The van der Waals surface area contributed by atoms with Gasteiger partial charge in [-0.3, -0.25) is 9.78 Å². The normalized spacial score (nSPS) is 11.0. The lowest BCUT2D eigenvalue weighted by Gasteiger charge is -2.09. The van der Waals surface area contributed by atoms with E-state index in [0.29, 0.717) is 11.0 Å². The number of hydrogen-bond donors (Lipinski definition) is 1. The van der Waals surface area contributed by atoms with Gasteiger partial charge in [0.1, 0.15) is 0 Å². The Kier molecular flexibility index (Phi) is 4.40. The summed E-state index contributed by atoms with van der Waals surface area (Å²) in [6, 6.07) is 13.0. The molecule has 4 aromatic rings. The van der Waals surface area contributed by atoms with Crippen molar-refractivity contribution in [2.24, 2.45) is 0 Å². The van der Waals surface area contributed by atoms with Gasteiger partial charge in [-0.15, -0.1) is 10.2 Å². The standard InChI is InChI=1S/C18H14N4O3S/c1-11-9-14(12-5-2-3-6-13(12)19-11)20-16(23)10-26-18-22-21-17(25-18)15-7-4-8-24-15/h2-9H,10H2,1H3,(H,19,20,23). The van der Waals surface area contributed by atoms with Crippen LogP contribution in [0.5, 0.6) is 0 Å². The first-order valence-corrected chi connectivity index (χ1v) is 8.84. The SMILES string of the molecule is Cc1cc(NC(=O)CSc2nnc(-c3ccco3)o2)c2ccccc2n1. The Bertz CT molecular complexity index is 1060. The fourth-order valence-corrected chi connectivity index (χ4v) is 3.06. The molecule has 26 heavy (non-hydrogen) atoms. The zero-order valence-electron chi connectivity index (χ0n) is 13.8. The molecule has 0 aliphatic heterocycles. The van der Waals surface area contributed by atoms with Crippen molar-refractivity contribution in [3.8, 4) is 11.7 Å². The zero-order chi connectivity index (χ0) is 17.9. The topological polar surface area (TPSA) is 94.1 Å². The molecule has 0 unspecified atom stereocenters. The van der Waals surface area contributed by atoms with Crippen LogP contribution in [0.2, 0.25) is 0 Å². The highest BCUT2D eigenvalue weighted by Crippen LogP contribution is 2.25. The van der Waals surface area contributed by atoms with E-state index in [0.717, 1.165) is 22.3 Å². The van der Waals surface area contributed by atoms with Gasteiger partial charge in [-0.1, -0.05) is 30.0 Å². The number of nitrogens with one attached hydrogen (secondary N) is 1. The van der Waals surface area contributed by atoms with Gasteiger partial charge in [0.2, 0.25) is 5.91 Å². The average Bonchev–Trinajstić information content (AvgIpc) is 3.31. The Morgan fingerprint density at radius 3 is 2.92 bits per heavy atom. The summed E-state index contributed by atoms with van der Waals surface area (Å²) in [5.41, 5.74) is 2.42. The highest BCUT2D eigenvalue weighted by atomic mass is 32.2. The number of pyridine rings is 1. The number of para-hydroxylation sites is 1. The summed E-state index contributed by atoms with van der Waals surface area (Å²) in [5, 5.41) is 11.9. The number of fused-ring (bicyclic) bond motifs is 1. The number of rotatable bonds is 5. The quantitative estimate of drug-likeness (QED) is 0.535. The van der Waals surface area contributed by atoms with Crippen LogP contribution in [0.4, 0.5) is 5.69 Å². The number of amides is 1. The fraction of sp³-hybridized carbons (Fsp3) is 0.111. The molecular weight excluding hydrogens is 352 g/mol. The van der Waals surface area contributed by atoms with Gasteiger partial charge in [-0.25, -0.2) is 0 Å². The Morgan fingerprint density at radius 1 is 1.19 bits per heavy atom. The van der Waals surface area contributed by atoms with E-state index in [9.17, 15) is 4.79 Å². The summed E-state index contributed by atoms with van der Waals surface area (Å²) in [5.74, 6) is 0.764. The van der Waals surface area contributed by atoms with Crippen molar-refractivity contribution in [2.45, 2.75) is 12.1 Å². The van der Waals surface area contributed by atoms with Gasteiger partial charge in [0.15, 0.2) is 5.76 Å². The molecule has 1 N–H and O–H groups in total. The summed E-state index contributed by atoms with van der Waals surface area (Å²) in [7, 11) is 0. The molecular formula is C18H14N4O3S. The van der Waals surface area contributed by atoms with E-state index >= 15 is 0 Å². The van der Waals surface area contributed by atoms with Gasteiger partial charge in [-0.05, 0) is 31.2 Å². The average molecular weight is 366 g/mol. The molecule has 4 rings (SSSR count). The van der Waals surface area contributed by atoms with Gasteiger partial charge in [0.05, 0.1) is 23.2 Å². The van der Waals surface area contributed by atoms with Gasteiger partial charge in [0.25, 0.3) is 11.1 Å². The first kappa shape index (κ1) is 16.3. The third-order valence-corrected chi connectivity index (χ3v) is 4.40. The lowest BCUT2D eigenvalue weighted by atomic mass is 10.1. The molecule has 0 aliphatic rings. The first-order chi connectivity index (χ1) is 12.7. The van der Waals surface area contributed by atoms with Crippen LogP contribution < -0.4 is 5.32 Å². The molecule has 0 atom stereocenters. The molecule has 0 spiro atoms. The predicted molar refractivity (Wildman–Crippen MR) is 97.8 cm³/mol. The van der Waals surface area contributed by atoms with Crippen LogP contribution in [-0.2, 0) is 4.79 Å². The van der Waals surface area contributed by atoms with Crippen molar-refractivity contribution in [3.05, 3.63) is 54.4 Å². The molecule has 1 aromatic carbocycles. The minimum absolute atomic E-state index is 0.148. The second-order valence-corrected chi connectivity index (χ2v) is 6.44. The monoisotopic (exact) mass is 366 g/mol. The molecule has 8 heteroatoms. The van der Waals surface area contributed by atoms with Gasteiger partial charge in [-0.2, -0.15) is 0 Å². The molecule has 3 heterocycles. The summed E-state index contributed by atoms with van der Waals surface area (Å²) in [6.07, 6.45) is 1.53. The van der Waals surface area contributed by atoms with Crippen molar-refractivity contribution in [2.75, 3.05) is 11.1 Å². The second kappa shape index (κ2) is 7.01. The van der Waals surface area contributed by atoms with Crippen LogP contribution in [0.25, 0.3) is 22.6 Å². The van der Waals surface area contributed by atoms with E-state index in [1.165, 1.54) is 18.0 Å². The largest absolute Gasteiger partial charge is 0.459 e. The van der Waals surface area contributed by atoms with E-state index in [2.05, 4.69) is 20.5 Å². The smallest absolute Gasteiger partial charge is 0.284 e. The van der Waals surface area contributed by atoms with Crippen LogP contribution in [0.15, 0.2) is 62.8 Å². The summed E-state index contributed by atoms with van der Waals surface area (Å²) < 4.78 is 10.7. The summed E-state index contributed by atoms with van der Waals surface area (Å²) in [6.45, 7) is 1.89. The van der Waals surface area contributed by atoms with Crippen molar-refractivity contribution in [1.29, 1.82) is 0 Å². The maximum absolute atomic E-state index is 12.3. The van der Waals surface area contributed by atoms with Crippen molar-refractivity contribution in [3.63, 3.8) is 0 Å². The number of nitrogens with zero attached hydrogens (tertiary/aromatic N) is 3. The minimum atomic E-state index is -0.163. The molecule has 0 radical (unpaired) electrons. The number of aryl methyl sites for hydroxylation is 1.